The maximum Gasteiger partial charge on any atom is -0.00258 e. The van der Waals surface area contributed by atoms with Gasteiger partial charge in [0.25, 0.3) is 0 Å². The Labute approximate surface area is 108 Å². The van der Waals surface area contributed by atoms with E-state index >= 15 is 0 Å². The van der Waals surface area contributed by atoms with Crippen molar-refractivity contribution in [2.24, 2.45) is 0 Å². The molecular formula is C15H17Br. The number of aryl methyl sites for hydroxylation is 2. The third kappa shape index (κ3) is 3.49. The van der Waals surface area contributed by atoms with Gasteiger partial charge in [0.2, 0.25) is 0 Å². The minimum atomic E-state index is 0. The molecule has 0 saturated carbocycles. The minimum Gasteiger partial charge on any atom is -0.114 e. The van der Waals surface area contributed by atoms with Gasteiger partial charge in [-0.2, -0.15) is 0 Å². The van der Waals surface area contributed by atoms with E-state index in [4.69, 9.17) is 0 Å². The average Bonchev–Trinajstić information content (AvgIpc) is 2.25. The third-order valence-electron chi connectivity index (χ3n) is 2.65. The molecule has 16 heavy (non-hydrogen) atoms. The molecule has 0 amide bonds. The molecule has 0 aliphatic heterocycles. The summed E-state index contributed by atoms with van der Waals surface area (Å²) in [5.74, 6) is 0. The fraction of sp³-hybridized carbons (Fsp3) is 0.200. The van der Waals surface area contributed by atoms with Crippen LogP contribution in [0.1, 0.15) is 22.3 Å². The van der Waals surface area contributed by atoms with Crippen molar-refractivity contribution in [3.05, 3.63) is 70.8 Å². The van der Waals surface area contributed by atoms with Crippen molar-refractivity contribution in [1.29, 1.82) is 0 Å². The number of hydrogen-bond acceptors (Lipinski definition) is 0. The molecule has 84 valence electrons. The quantitative estimate of drug-likeness (QED) is 0.759. The summed E-state index contributed by atoms with van der Waals surface area (Å²) in [6, 6.07) is 17.5. The minimum absolute atomic E-state index is 0. The number of hydrogen-bond donors (Lipinski definition) is 0. The van der Waals surface area contributed by atoms with Gasteiger partial charge < -0.3 is 0 Å². The van der Waals surface area contributed by atoms with Crippen LogP contribution < -0.4 is 0 Å². The van der Waals surface area contributed by atoms with Crippen LogP contribution in [0.25, 0.3) is 0 Å². The number of rotatable bonds is 2. The molecule has 0 nitrogen and oxygen atoms in total. The first-order chi connectivity index (χ1) is 7.24. The summed E-state index contributed by atoms with van der Waals surface area (Å²) >= 11 is 0. The van der Waals surface area contributed by atoms with E-state index in [0.717, 1.165) is 6.42 Å². The van der Waals surface area contributed by atoms with Crippen molar-refractivity contribution in [2.75, 3.05) is 0 Å². The molecule has 0 spiro atoms. The lowest BCUT2D eigenvalue weighted by molar-refractivity contribution is 1.18. The Hall–Kier alpha value is -1.08. The highest BCUT2D eigenvalue weighted by molar-refractivity contribution is 8.93. The van der Waals surface area contributed by atoms with E-state index in [2.05, 4.69) is 62.4 Å². The molecular weight excluding hydrogens is 260 g/mol. The Morgan fingerprint density at radius 1 is 0.625 bits per heavy atom. The monoisotopic (exact) mass is 276 g/mol. The van der Waals surface area contributed by atoms with Gasteiger partial charge in [-0.1, -0.05) is 59.7 Å². The lowest BCUT2D eigenvalue weighted by Crippen LogP contribution is -1.88. The predicted octanol–water partition coefficient (Wildman–Crippen LogP) is 4.47. The summed E-state index contributed by atoms with van der Waals surface area (Å²) < 4.78 is 0. The highest BCUT2D eigenvalue weighted by Gasteiger charge is 1.95. The molecule has 1 heteroatoms. The maximum absolute atomic E-state index is 2.20. The van der Waals surface area contributed by atoms with E-state index in [1.807, 2.05) is 0 Å². The fourth-order valence-electron chi connectivity index (χ4n) is 1.65. The summed E-state index contributed by atoms with van der Waals surface area (Å²) in [6.07, 6.45) is 1.03. The smallest absolute Gasteiger partial charge is 0.00258 e. The van der Waals surface area contributed by atoms with E-state index in [1.54, 1.807) is 0 Å². The van der Waals surface area contributed by atoms with Crippen LogP contribution in [-0.2, 0) is 6.42 Å². The molecule has 0 saturated heterocycles. The van der Waals surface area contributed by atoms with Gasteiger partial charge >= 0.3 is 0 Å². The van der Waals surface area contributed by atoms with Crippen LogP contribution in [0.4, 0.5) is 0 Å². The van der Waals surface area contributed by atoms with E-state index in [1.165, 1.54) is 22.3 Å². The molecule has 2 rings (SSSR count). The van der Waals surface area contributed by atoms with Crippen molar-refractivity contribution in [3.63, 3.8) is 0 Å². The first-order valence-corrected chi connectivity index (χ1v) is 5.35. The zero-order valence-electron chi connectivity index (χ0n) is 9.73. The van der Waals surface area contributed by atoms with E-state index < -0.39 is 0 Å². The molecule has 2 aromatic rings. The average molecular weight is 277 g/mol. The lowest BCUT2D eigenvalue weighted by Gasteiger charge is -2.03. The lowest BCUT2D eigenvalue weighted by atomic mass is 10.0. The fourth-order valence-corrected chi connectivity index (χ4v) is 1.65. The molecule has 0 fully saturated rings. The molecule has 0 aliphatic carbocycles. The molecule has 0 atom stereocenters. The van der Waals surface area contributed by atoms with Crippen molar-refractivity contribution >= 4 is 17.0 Å². The second kappa shape index (κ2) is 5.86. The van der Waals surface area contributed by atoms with Crippen molar-refractivity contribution in [1.82, 2.24) is 0 Å². The Kier molecular flexibility index (Phi) is 4.75. The molecule has 0 aromatic heterocycles. The summed E-state index contributed by atoms with van der Waals surface area (Å²) in [7, 11) is 0. The summed E-state index contributed by atoms with van der Waals surface area (Å²) in [6.45, 7) is 4.24. The van der Waals surface area contributed by atoms with Gasteiger partial charge in [-0.25, -0.2) is 0 Å². The Balaban J connectivity index is 0.00000128. The van der Waals surface area contributed by atoms with Gasteiger partial charge in [-0.15, -0.1) is 17.0 Å². The van der Waals surface area contributed by atoms with Crippen molar-refractivity contribution in [3.8, 4) is 0 Å². The standard InChI is InChI=1S/C15H16.BrH/c1-12-3-7-14(8-4-12)11-15-9-5-13(2)6-10-15;/h3-10H,11H2,1-2H3;1H. The SMILES string of the molecule is Br.Cc1ccc(Cc2ccc(C)cc2)cc1. The van der Waals surface area contributed by atoms with Gasteiger partial charge in [0.15, 0.2) is 0 Å². The largest absolute Gasteiger partial charge is 0.114 e. The normalized spacial score (nSPS) is 9.62. The Morgan fingerprint density at radius 3 is 1.25 bits per heavy atom. The molecule has 0 radical (unpaired) electrons. The Bertz CT molecular complexity index is 382. The van der Waals surface area contributed by atoms with Crippen molar-refractivity contribution < 1.29 is 0 Å². The summed E-state index contributed by atoms with van der Waals surface area (Å²) in [5.41, 5.74) is 5.40. The maximum atomic E-state index is 2.20. The zero-order valence-corrected chi connectivity index (χ0v) is 11.4. The predicted molar refractivity (Wildman–Crippen MR) is 75.5 cm³/mol. The first-order valence-electron chi connectivity index (χ1n) is 5.35. The molecule has 2 aromatic carbocycles. The van der Waals surface area contributed by atoms with Crippen LogP contribution >= 0.6 is 17.0 Å². The summed E-state index contributed by atoms with van der Waals surface area (Å²) in [4.78, 5) is 0. The van der Waals surface area contributed by atoms with Crippen LogP contribution in [0.5, 0.6) is 0 Å². The molecule has 0 N–H and O–H groups in total. The van der Waals surface area contributed by atoms with Crippen LogP contribution in [0.3, 0.4) is 0 Å². The molecule has 0 heterocycles. The second-order valence-electron chi connectivity index (χ2n) is 4.15. The van der Waals surface area contributed by atoms with E-state index in [-0.39, 0.29) is 17.0 Å². The molecule has 0 unspecified atom stereocenters. The number of halogens is 1. The van der Waals surface area contributed by atoms with Crippen molar-refractivity contribution in [2.45, 2.75) is 20.3 Å². The summed E-state index contributed by atoms with van der Waals surface area (Å²) in [5, 5.41) is 0. The van der Waals surface area contributed by atoms with Crippen LogP contribution in [0.15, 0.2) is 48.5 Å². The van der Waals surface area contributed by atoms with E-state index in [9.17, 15) is 0 Å². The number of benzene rings is 2. The van der Waals surface area contributed by atoms with Gasteiger partial charge in [0, 0.05) is 0 Å². The van der Waals surface area contributed by atoms with Gasteiger partial charge in [-0.05, 0) is 31.4 Å². The highest BCUT2D eigenvalue weighted by atomic mass is 79.9. The first kappa shape index (κ1) is 13.0. The van der Waals surface area contributed by atoms with Crippen LogP contribution in [-0.4, -0.2) is 0 Å². The van der Waals surface area contributed by atoms with Crippen LogP contribution in [0.2, 0.25) is 0 Å². The van der Waals surface area contributed by atoms with E-state index in [0.29, 0.717) is 0 Å². The zero-order chi connectivity index (χ0) is 10.7. The topological polar surface area (TPSA) is 0 Å². The second-order valence-corrected chi connectivity index (χ2v) is 4.15. The molecule has 0 aliphatic rings. The van der Waals surface area contributed by atoms with Gasteiger partial charge in [0.1, 0.15) is 0 Å². The Morgan fingerprint density at radius 2 is 0.938 bits per heavy atom. The van der Waals surface area contributed by atoms with Gasteiger partial charge in [0.05, 0.1) is 0 Å². The highest BCUT2D eigenvalue weighted by Crippen LogP contribution is 2.11. The van der Waals surface area contributed by atoms with Gasteiger partial charge in [-0.3, -0.25) is 0 Å². The third-order valence-corrected chi connectivity index (χ3v) is 2.65. The van der Waals surface area contributed by atoms with Crippen LogP contribution in [0, 0.1) is 13.8 Å². The molecule has 0 bridgehead atoms.